The molecule has 110 valence electrons. The number of amides is 1. The summed E-state index contributed by atoms with van der Waals surface area (Å²) in [5.41, 5.74) is 0.577. The molecule has 0 saturated carbocycles. The maximum absolute atomic E-state index is 12.1. The smallest absolute Gasteiger partial charge is 0.257 e. The minimum absolute atomic E-state index is 0.123. The molecule has 0 aromatic heterocycles. The molecular weight excluding hydrogens is 333 g/mol. The SMILES string of the molecule is CS(=O)(=O)c1cccc(NC(=O)c2cccc(Cl)c2Cl)c1. The Kier molecular flexibility index (Phi) is 4.56. The van der Waals surface area contributed by atoms with Gasteiger partial charge in [-0.3, -0.25) is 4.79 Å². The lowest BCUT2D eigenvalue weighted by Crippen LogP contribution is -2.13. The molecule has 0 heterocycles. The van der Waals surface area contributed by atoms with Crippen molar-refractivity contribution in [1.82, 2.24) is 0 Å². The second-order valence-electron chi connectivity index (χ2n) is 4.36. The van der Waals surface area contributed by atoms with Crippen LogP contribution in [0, 0.1) is 0 Å². The van der Waals surface area contributed by atoms with E-state index in [1.165, 1.54) is 18.2 Å². The molecule has 0 spiro atoms. The van der Waals surface area contributed by atoms with Gasteiger partial charge in [-0.05, 0) is 30.3 Å². The number of hydrogen-bond acceptors (Lipinski definition) is 3. The lowest BCUT2D eigenvalue weighted by atomic mass is 10.2. The fraction of sp³-hybridized carbons (Fsp3) is 0.0714. The Bertz CT molecular complexity index is 804. The highest BCUT2D eigenvalue weighted by Gasteiger charge is 2.14. The predicted molar refractivity (Wildman–Crippen MR) is 84.0 cm³/mol. The summed E-state index contributed by atoms with van der Waals surface area (Å²) in [5, 5.41) is 3.01. The summed E-state index contributed by atoms with van der Waals surface area (Å²) in [6.45, 7) is 0. The quantitative estimate of drug-likeness (QED) is 0.924. The number of rotatable bonds is 3. The van der Waals surface area contributed by atoms with Gasteiger partial charge in [-0.1, -0.05) is 35.3 Å². The van der Waals surface area contributed by atoms with Crippen LogP contribution < -0.4 is 5.32 Å². The largest absolute Gasteiger partial charge is 0.322 e. The number of halogens is 2. The highest BCUT2D eigenvalue weighted by atomic mass is 35.5. The number of sulfone groups is 1. The Balaban J connectivity index is 2.30. The van der Waals surface area contributed by atoms with Gasteiger partial charge in [-0.2, -0.15) is 0 Å². The molecule has 0 radical (unpaired) electrons. The first-order valence-corrected chi connectivity index (χ1v) is 8.49. The van der Waals surface area contributed by atoms with E-state index in [2.05, 4.69) is 5.32 Å². The molecule has 7 heteroatoms. The third-order valence-electron chi connectivity index (χ3n) is 2.72. The van der Waals surface area contributed by atoms with Gasteiger partial charge < -0.3 is 5.32 Å². The van der Waals surface area contributed by atoms with Gasteiger partial charge in [0.2, 0.25) is 0 Å². The standard InChI is InChI=1S/C14H11Cl2NO3S/c1-21(19,20)10-5-2-4-9(8-10)17-14(18)11-6-3-7-12(15)13(11)16/h2-8H,1H3,(H,17,18). The van der Waals surface area contributed by atoms with E-state index in [1.54, 1.807) is 24.3 Å². The molecule has 0 fully saturated rings. The molecule has 0 aliphatic rings. The Labute approximate surface area is 132 Å². The summed E-state index contributed by atoms with van der Waals surface area (Å²) in [5.74, 6) is -0.465. The van der Waals surface area contributed by atoms with Crippen LogP contribution >= 0.6 is 23.2 Å². The molecule has 2 aromatic rings. The molecule has 0 unspecified atom stereocenters. The molecule has 0 atom stereocenters. The summed E-state index contributed by atoms with van der Waals surface area (Å²) < 4.78 is 23.0. The van der Waals surface area contributed by atoms with Gasteiger partial charge in [0.05, 0.1) is 20.5 Å². The van der Waals surface area contributed by atoms with Gasteiger partial charge in [0.15, 0.2) is 9.84 Å². The van der Waals surface area contributed by atoms with Gasteiger partial charge >= 0.3 is 0 Å². The maximum Gasteiger partial charge on any atom is 0.257 e. The second-order valence-corrected chi connectivity index (χ2v) is 7.16. The average Bonchev–Trinajstić information content (AvgIpc) is 2.41. The number of benzene rings is 2. The summed E-state index contributed by atoms with van der Waals surface area (Å²) in [6.07, 6.45) is 1.10. The van der Waals surface area contributed by atoms with Crippen molar-refractivity contribution in [3.63, 3.8) is 0 Å². The normalized spacial score (nSPS) is 11.2. The highest BCUT2D eigenvalue weighted by molar-refractivity contribution is 7.90. The Morgan fingerprint density at radius 2 is 1.76 bits per heavy atom. The Hall–Kier alpha value is -1.56. The third kappa shape index (κ3) is 3.75. The number of carbonyl (C=O) groups excluding carboxylic acids is 1. The fourth-order valence-corrected chi connectivity index (χ4v) is 2.74. The van der Waals surface area contributed by atoms with Gasteiger partial charge in [0, 0.05) is 11.9 Å². The number of hydrogen-bond donors (Lipinski definition) is 1. The molecule has 1 amide bonds. The lowest BCUT2D eigenvalue weighted by molar-refractivity contribution is 0.102. The van der Waals surface area contributed by atoms with E-state index in [-0.39, 0.29) is 20.5 Å². The van der Waals surface area contributed by atoms with Crippen molar-refractivity contribution in [2.45, 2.75) is 4.90 Å². The zero-order valence-electron chi connectivity index (χ0n) is 10.9. The summed E-state index contributed by atoms with van der Waals surface area (Å²) in [7, 11) is -3.34. The van der Waals surface area contributed by atoms with Gasteiger partial charge in [-0.15, -0.1) is 0 Å². The average molecular weight is 344 g/mol. The minimum Gasteiger partial charge on any atom is -0.322 e. The first-order chi connectivity index (χ1) is 9.79. The zero-order valence-corrected chi connectivity index (χ0v) is 13.3. The minimum atomic E-state index is -3.34. The highest BCUT2D eigenvalue weighted by Crippen LogP contribution is 2.26. The topological polar surface area (TPSA) is 63.2 Å². The van der Waals surface area contributed by atoms with E-state index in [9.17, 15) is 13.2 Å². The number of carbonyl (C=O) groups is 1. The van der Waals surface area contributed by atoms with Crippen LogP contribution in [0.5, 0.6) is 0 Å². The van der Waals surface area contributed by atoms with Crippen molar-refractivity contribution in [3.05, 3.63) is 58.1 Å². The van der Waals surface area contributed by atoms with E-state index in [0.29, 0.717) is 5.69 Å². The van der Waals surface area contributed by atoms with Crippen LogP contribution in [0.25, 0.3) is 0 Å². The molecule has 21 heavy (non-hydrogen) atoms. The van der Waals surface area contributed by atoms with Crippen LogP contribution in [0.3, 0.4) is 0 Å². The van der Waals surface area contributed by atoms with Gasteiger partial charge in [0.25, 0.3) is 5.91 Å². The van der Waals surface area contributed by atoms with Crippen molar-refractivity contribution in [2.75, 3.05) is 11.6 Å². The summed E-state index contributed by atoms with van der Waals surface area (Å²) in [6, 6.07) is 10.7. The van der Waals surface area contributed by atoms with E-state index >= 15 is 0 Å². The van der Waals surface area contributed by atoms with Crippen molar-refractivity contribution < 1.29 is 13.2 Å². The fourth-order valence-electron chi connectivity index (χ4n) is 1.68. The molecule has 0 aliphatic heterocycles. The molecular formula is C14H11Cl2NO3S. The van der Waals surface area contributed by atoms with Crippen LogP contribution in [0.4, 0.5) is 5.69 Å². The van der Waals surface area contributed by atoms with Crippen LogP contribution in [-0.4, -0.2) is 20.6 Å². The Morgan fingerprint density at radius 3 is 2.43 bits per heavy atom. The van der Waals surface area contributed by atoms with E-state index in [1.807, 2.05) is 0 Å². The van der Waals surface area contributed by atoms with E-state index in [4.69, 9.17) is 23.2 Å². The van der Waals surface area contributed by atoms with Crippen molar-refractivity contribution >= 4 is 44.6 Å². The van der Waals surface area contributed by atoms with E-state index < -0.39 is 15.7 Å². The van der Waals surface area contributed by atoms with Gasteiger partial charge in [0.1, 0.15) is 0 Å². The molecule has 2 aromatic carbocycles. The zero-order chi connectivity index (χ0) is 15.6. The van der Waals surface area contributed by atoms with Crippen LogP contribution in [0.1, 0.15) is 10.4 Å². The van der Waals surface area contributed by atoms with Crippen LogP contribution in [0.15, 0.2) is 47.4 Å². The van der Waals surface area contributed by atoms with Gasteiger partial charge in [-0.25, -0.2) is 8.42 Å². The third-order valence-corrected chi connectivity index (χ3v) is 4.65. The first kappa shape index (κ1) is 15.8. The van der Waals surface area contributed by atoms with E-state index in [0.717, 1.165) is 6.26 Å². The lowest BCUT2D eigenvalue weighted by Gasteiger charge is -2.08. The number of nitrogens with one attached hydrogen (secondary N) is 1. The molecule has 2 rings (SSSR count). The molecule has 0 saturated heterocycles. The maximum atomic E-state index is 12.1. The van der Waals surface area contributed by atoms with Crippen molar-refractivity contribution in [2.24, 2.45) is 0 Å². The van der Waals surface area contributed by atoms with Crippen molar-refractivity contribution in [1.29, 1.82) is 0 Å². The molecule has 4 nitrogen and oxygen atoms in total. The van der Waals surface area contributed by atoms with Crippen LogP contribution in [-0.2, 0) is 9.84 Å². The Morgan fingerprint density at radius 1 is 1.10 bits per heavy atom. The summed E-state index contributed by atoms with van der Waals surface area (Å²) in [4.78, 5) is 12.3. The molecule has 0 bridgehead atoms. The number of anilines is 1. The monoisotopic (exact) mass is 343 g/mol. The van der Waals surface area contributed by atoms with Crippen LogP contribution in [0.2, 0.25) is 10.0 Å². The molecule has 1 N–H and O–H groups in total. The van der Waals surface area contributed by atoms with Crippen molar-refractivity contribution in [3.8, 4) is 0 Å². The summed E-state index contributed by atoms with van der Waals surface area (Å²) >= 11 is 11.8. The first-order valence-electron chi connectivity index (χ1n) is 5.84. The molecule has 0 aliphatic carbocycles. The second kappa shape index (κ2) is 6.05. The predicted octanol–water partition coefficient (Wildman–Crippen LogP) is 3.65.